The van der Waals surface area contributed by atoms with Crippen molar-refractivity contribution in [3.05, 3.63) is 0 Å². The van der Waals surface area contributed by atoms with Crippen molar-refractivity contribution >= 4 is 0 Å². The molecular formula is Ar50O50. The Hall–Kier alpha value is 61.0. The van der Waals surface area contributed by atoms with Crippen molar-refractivity contribution in [1.82, 2.24) is 0 Å². The van der Waals surface area contributed by atoms with Gasteiger partial charge in [-0.05, 0) is 0 Å². The first-order chi connectivity index (χ1) is 0. The van der Waals surface area contributed by atoms with Gasteiger partial charge < -0.3 is 0 Å². The summed E-state index contributed by atoms with van der Waals surface area (Å²) in [7, 11) is 0. The Morgan fingerprint density at radius 2 is 0.0200 bits per heavy atom. The maximum atomic E-state index is 0. The zero-order valence-corrected chi connectivity index (χ0v) is 73.4. The monoisotopic (exact) mass is 2800 g/mol. The third-order valence-corrected chi connectivity index (χ3v) is 0. The third-order valence-electron chi connectivity index (χ3n) is 0. The minimum atomic E-state index is 0. The molecule has 0 rings (SSSR count). The van der Waals surface area contributed by atoms with Gasteiger partial charge in [-0.3, -0.25) is 0 Å². The fourth-order valence-corrected chi connectivity index (χ4v) is 0. The van der Waals surface area contributed by atoms with E-state index in [1.807, 2.05) is 0 Å². The fourth-order valence-electron chi connectivity index (χ4n) is 0. The minimum Gasteiger partial charge on any atom is 0 e. The van der Waals surface area contributed by atoms with Crippen molar-refractivity contribution in [3.8, 4) is 0 Å². The predicted octanol–water partition coefficient (Wildman–Crippen LogP) is -5.94. The van der Waals surface area contributed by atoms with Crippen LogP contribution in [-0.4, -0.2) is 0 Å². The molecule has 0 aliphatic carbocycles. The summed E-state index contributed by atoms with van der Waals surface area (Å²) in [5, 5.41) is 0. The van der Waals surface area contributed by atoms with E-state index in [0.717, 1.165) is 0 Å². The van der Waals surface area contributed by atoms with Crippen LogP contribution in [0.3, 0.4) is 0 Å². The Kier molecular flexibility index (Phi) is 12000. The Labute approximate surface area is 2080 Å². The molecule has 0 aromatic heterocycles. The van der Waals surface area contributed by atoms with Crippen LogP contribution in [0.5, 0.6) is 0 Å². The van der Waals surface area contributed by atoms with Crippen molar-refractivity contribution < 1.29 is 2160 Å². The van der Waals surface area contributed by atoms with Gasteiger partial charge in [-0.2, -0.15) is 0 Å². The largest absolute Gasteiger partial charge is 0 e. The molecular weight excluding hydrogens is 2800 g/mol. The fraction of sp³-hybridized carbons (Fsp3) is 0. The molecule has 50 nitrogen and oxygen atoms in total. The number of hydrogen-bond acceptors (Lipinski definition) is 0. The predicted molar refractivity (Wildman–Crippen MR) is 34.3 cm³/mol. The van der Waals surface area contributed by atoms with Gasteiger partial charge in [0.2, 0.25) is 0 Å². The van der Waals surface area contributed by atoms with Crippen LogP contribution < -0.4 is 0 Å². The Balaban J connectivity index is 0. The van der Waals surface area contributed by atoms with Crippen molar-refractivity contribution in [2.75, 3.05) is 0 Å². The summed E-state index contributed by atoms with van der Waals surface area (Å²) in [6.07, 6.45) is 0. The third kappa shape index (κ3) is 1070. The van der Waals surface area contributed by atoms with E-state index in [1.54, 1.807) is 0 Å². The van der Waals surface area contributed by atoms with Crippen LogP contribution in [0.4, 0.5) is 0 Å². The SMILES string of the molecule is [Ar].[Ar].[Ar].[Ar].[Ar].[Ar].[Ar].[Ar].[Ar].[Ar].[Ar].[Ar].[Ar].[Ar].[Ar].[Ar].[Ar].[Ar].[Ar].[Ar].[Ar].[Ar].[Ar].[Ar].[Ar].[Ar].[Ar].[Ar].[Ar].[Ar].[Ar].[Ar].[Ar].[Ar].[Ar].[Ar].[Ar].[Ar].[Ar].[Ar].[Ar].[Ar].[Ar].[Ar].[Ar].[Ar].[Ar].[Ar].[Ar].[Ar].[O].[O].[O].[O].[O].[O].[O].[O].[O].[O].[O].[O].[O].[O].[O].[O].[O].[O].[O].[O].[O].[O].[O].[O].[O].[O].[O].[O].[O].[O].[O].[O].[O].[O].[O].[O].[O].[O].[O].[O].[O].[O].[O].[O].[O].[O].[O].[O].[O].[O]. The van der Waals surface area contributed by atoms with Gasteiger partial charge in [0.25, 0.3) is 0 Å². The normalized spacial score (nSPS) is 0. The molecule has 100 heavy (non-hydrogen) atoms. The molecule has 0 saturated heterocycles. The topological polar surface area (TPSA) is 1420 Å². The molecule has 0 aromatic carbocycles. The Morgan fingerprint density at radius 3 is 0.0200 bits per heavy atom. The molecule has 100 radical (unpaired) electrons. The van der Waals surface area contributed by atoms with E-state index < -0.39 is 0 Å². The van der Waals surface area contributed by atoms with Crippen molar-refractivity contribution in [3.63, 3.8) is 0 Å². The molecule has 0 bridgehead atoms. The van der Waals surface area contributed by atoms with Gasteiger partial charge in [0.1, 0.15) is 0 Å². The molecule has 0 spiro atoms. The zero-order valence-electron chi connectivity index (χ0n) is 38.1. The van der Waals surface area contributed by atoms with Crippen LogP contribution in [0.2, 0.25) is 0 Å². The van der Waals surface area contributed by atoms with Crippen LogP contribution in [0.1, 0.15) is 0 Å². The summed E-state index contributed by atoms with van der Waals surface area (Å²) in [5.74, 6) is 0. The molecule has 0 atom stereocenters. The summed E-state index contributed by atoms with van der Waals surface area (Å²) >= 11 is 0. The summed E-state index contributed by atoms with van der Waals surface area (Å²) in [5.41, 5.74) is 0. The second-order valence-corrected chi connectivity index (χ2v) is 0. The average molecular weight is 2800 g/mol. The first kappa shape index (κ1) is 1110. The second-order valence-electron chi connectivity index (χ2n) is 0. The molecule has 0 aliphatic rings. The maximum Gasteiger partial charge on any atom is 0 e. The van der Waals surface area contributed by atoms with E-state index in [0.29, 0.717) is 0 Å². The van der Waals surface area contributed by atoms with Gasteiger partial charge in [-0.1, -0.05) is 0 Å². The first-order valence-electron chi connectivity index (χ1n) is 0. The molecule has 0 saturated carbocycles. The van der Waals surface area contributed by atoms with Crippen molar-refractivity contribution in [1.29, 1.82) is 0 Å². The Morgan fingerprint density at radius 1 is 0.0200 bits per heavy atom. The van der Waals surface area contributed by atoms with E-state index in [4.69, 9.17) is 0 Å². The van der Waals surface area contributed by atoms with Gasteiger partial charge in [-0.15, -0.1) is 0 Å². The summed E-state index contributed by atoms with van der Waals surface area (Å²) in [6, 6.07) is 0. The standard InChI is InChI=1S/50Ar.50O. The van der Waals surface area contributed by atoms with Crippen LogP contribution in [0, 0.1) is 1890 Å². The average Bonchev–Trinajstić information content (AvgIpc) is 0. The van der Waals surface area contributed by atoms with Crippen LogP contribution in [0.25, 0.3) is 0 Å². The smallest absolute Gasteiger partial charge is 0 e. The Bertz CT molecular complexity index is 100. The van der Waals surface area contributed by atoms with E-state index in [1.165, 1.54) is 0 Å². The second kappa shape index (κ2) is 1090. The summed E-state index contributed by atoms with van der Waals surface area (Å²) in [4.78, 5) is 0. The van der Waals surface area contributed by atoms with Crippen LogP contribution in [0.15, 0.2) is 0 Å². The van der Waals surface area contributed by atoms with Crippen LogP contribution in [-0.2, 0) is 274 Å². The molecule has 0 N–H and O–H groups in total. The maximum absolute atomic E-state index is 0. The molecule has 0 aromatic rings. The molecule has 0 amide bonds. The summed E-state index contributed by atoms with van der Waals surface area (Å²) in [6.45, 7) is 0. The molecule has 700 valence electrons. The molecule has 0 heterocycles. The van der Waals surface area contributed by atoms with E-state index >= 15 is 0 Å². The number of hydrogen-bond donors (Lipinski definition) is 0. The van der Waals surface area contributed by atoms with Gasteiger partial charge >= 0.3 is 0 Å². The molecule has 0 unspecified atom stereocenters. The minimum absolute atomic E-state index is 0. The summed E-state index contributed by atoms with van der Waals surface area (Å²) < 4.78 is 0. The van der Waals surface area contributed by atoms with Gasteiger partial charge in [0.05, 0.1) is 0 Å². The van der Waals surface area contributed by atoms with E-state index in [9.17, 15) is 0 Å². The zero-order chi connectivity index (χ0) is 0. The van der Waals surface area contributed by atoms with Crippen molar-refractivity contribution in [2.24, 2.45) is 0 Å². The number of rotatable bonds is 0. The van der Waals surface area contributed by atoms with Crippen LogP contribution >= 0.6 is 0 Å². The quantitative estimate of drug-likeness (QED) is 0.219. The van der Waals surface area contributed by atoms with E-state index in [-0.39, 0.29) is 2160 Å². The van der Waals surface area contributed by atoms with Gasteiger partial charge in [0, 0.05) is 2160 Å². The van der Waals surface area contributed by atoms with E-state index in [2.05, 4.69) is 0 Å². The van der Waals surface area contributed by atoms with Gasteiger partial charge in [-0.25, -0.2) is 0 Å². The first-order valence-corrected chi connectivity index (χ1v) is 0. The van der Waals surface area contributed by atoms with Crippen molar-refractivity contribution in [2.45, 2.75) is 0 Å². The van der Waals surface area contributed by atoms with Gasteiger partial charge in [0.15, 0.2) is 0 Å². The molecule has 0 aliphatic heterocycles. The molecule has 100 heteroatoms. The molecule has 0 fully saturated rings.